The predicted octanol–water partition coefficient (Wildman–Crippen LogP) is 3.70. The molecule has 2 heterocycles. The molecule has 1 atom stereocenters. The molecule has 1 aliphatic rings. The Hall–Kier alpha value is -2.63. The number of carbonyl (C=O) groups is 1. The van der Waals surface area contributed by atoms with Crippen LogP contribution in [0.25, 0.3) is 10.9 Å². The number of benzene rings is 2. The van der Waals surface area contributed by atoms with E-state index in [-0.39, 0.29) is 23.1 Å². The van der Waals surface area contributed by atoms with Crippen LogP contribution in [0.2, 0.25) is 5.02 Å². The van der Waals surface area contributed by atoms with E-state index < -0.39 is 0 Å². The standard InChI is InChI=1S/C22H22ClN3O2/c1-15(17-7-3-4-8-19(17)23)25-10-12-26(13-11-25)22(28)18-14-16-6-2-5-9-20(16)24-21(18)27/h2-9,14-15H,10-13H2,1H3,(H,24,27). The summed E-state index contributed by atoms with van der Waals surface area (Å²) in [6.45, 7) is 4.78. The minimum Gasteiger partial charge on any atom is -0.336 e. The van der Waals surface area contributed by atoms with Gasteiger partial charge < -0.3 is 9.88 Å². The molecule has 0 aliphatic carbocycles. The van der Waals surface area contributed by atoms with Gasteiger partial charge in [-0.05, 0) is 36.1 Å². The van der Waals surface area contributed by atoms with Gasteiger partial charge in [-0.1, -0.05) is 48.0 Å². The first-order valence-corrected chi connectivity index (χ1v) is 9.82. The van der Waals surface area contributed by atoms with Gasteiger partial charge >= 0.3 is 0 Å². The number of H-pyrrole nitrogens is 1. The molecule has 0 spiro atoms. The molecule has 0 radical (unpaired) electrons. The number of nitrogens with one attached hydrogen (secondary N) is 1. The third-order valence-corrected chi connectivity index (χ3v) is 5.83. The molecule has 6 heteroatoms. The quantitative estimate of drug-likeness (QED) is 0.735. The summed E-state index contributed by atoms with van der Waals surface area (Å²) in [6.07, 6.45) is 0. The highest BCUT2D eigenvalue weighted by Gasteiger charge is 2.27. The number of pyridine rings is 1. The van der Waals surface area contributed by atoms with E-state index in [9.17, 15) is 9.59 Å². The molecule has 4 rings (SSSR count). The van der Waals surface area contributed by atoms with Crippen molar-refractivity contribution in [3.05, 3.63) is 81.1 Å². The highest BCUT2D eigenvalue weighted by atomic mass is 35.5. The summed E-state index contributed by atoms with van der Waals surface area (Å²) in [6, 6.07) is 17.2. The van der Waals surface area contributed by atoms with Crippen molar-refractivity contribution in [3.63, 3.8) is 0 Å². The van der Waals surface area contributed by atoms with Gasteiger partial charge in [-0.25, -0.2) is 0 Å². The zero-order chi connectivity index (χ0) is 19.7. The van der Waals surface area contributed by atoms with Crippen LogP contribution in [-0.4, -0.2) is 46.9 Å². The molecule has 1 aliphatic heterocycles. The second-order valence-electron chi connectivity index (χ2n) is 7.13. The lowest BCUT2D eigenvalue weighted by atomic mass is 10.1. The summed E-state index contributed by atoms with van der Waals surface area (Å²) in [5, 5.41) is 1.62. The zero-order valence-corrected chi connectivity index (χ0v) is 16.4. The Labute approximate surface area is 168 Å². The molecule has 1 saturated heterocycles. The summed E-state index contributed by atoms with van der Waals surface area (Å²) in [5.74, 6) is -0.211. The Kier molecular flexibility index (Phi) is 5.20. The fourth-order valence-electron chi connectivity index (χ4n) is 3.80. The van der Waals surface area contributed by atoms with Gasteiger partial charge in [-0.2, -0.15) is 0 Å². The first kappa shape index (κ1) is 18.7. The van der Waals surface area contributed by atoms with Crippen LogP contribution in [0, 0.1) is 0 Å². The van der Waals surface area contributed by atoms with Crippen LogP contribution < -0.4 is 5.56 Å². The summed E-state index contributed by atoms with van der Waals surface area (Å²) in [5.41, 5.74) is 1.69. The lowest BCUT2D eigenvalue weighted by Crippen LogP contribution is -2.50. The minimum absolute atomic E-state index is 0.176. The second-order valence-corrected chi connectivity index (χ2v) is 7.53. The van der Waals surface area contributed by atoms with Gasteiger partial charge in [0.1, 0.15) is 5.56 Å². The van der Waals surface area contributed by atoms with E-state index in [0.29, 0.717) is 13.1 Å². The van der Waals surface area contributed by atoms with Gasteiger partial charge in [0.2, 0.25) is 0 Å². The summed E-state index contributed by atoms with van der Waals surface area (Å²) in [7, 11) is 0. The Bertz CT molecular complexity index is 1070. The number of carbonyl (C=O) groups excluding carboxylic acids is 1. The Morgan fingerprint density at radius 3 is 2.46 bits per heavy atom. The van der Waals surface area contributed by atoms with Crippen LogP contribution in [0.15, 0.2) is 59.4 Å². The molecule has 2 aromatic carbocycles. The molecule has 28 heavy (non-hydrogen) atoms. The fourth-order valence-corrected chi connectivity index (χ4v) is 4.09. The van der Waals surface area contributed by atoms with Crippen molar-refractivity contribution in [2.45, 2.75) is 13.0 Å². The van der Waals surface area contributed by atoms with Gasteiger partial charge in [-0.3, -0.25) is 14.5 Å². The molecule has 1 amide bonds. The second kappa shape index (κ2) is 7.78. The van der Waals surface area contributed by atoms with E-state index in [1.807, 2.05) is 48.5 Å². The number of amides is 1. The largest absolute Gasteiger partial charge is 0.336 e. The molecular weight excluding hydrogens is 374 g/mol. The van der Waals surface area contributed by atoms with Crippen molar-refractivity contribution in [2.75, 3.05) is 26.2 Å². The molecule has 1 unspecified atom stereocenters. The van der Waals surface area contributed by atoms with Gasteiger partial charge in [0.05, 0.1) is 0 Å². The van der Waals surface area contributed by atoms with Crippen molar-refractivity contribution < 1.29 is 4.79 Å². The first-order valence-electron chi connectivity index (χ1n) is 9.44. The normalized spacial score (nSPS) is 16.3. The molecule has 1 N–H and O–H groups in total. The minimum atomic E-state index is -0.337. The third kappa shape index (κ3) is 3.55. The summed E-state index contributed by atoms with van der Waals surface area (Å²) in [4.78, 5) is 32.2. The number of para-hydroxylation sites is 1. The van der Waals surface area contributed by atoms with Crippen LogP contribution >= 0.6 is 11.6 Å². The number of hydrogen-bond acceptors (Lipinski definition) is 3. The molecule has 1 fully saturated rings. The van der Waals surface area contributed by atoms with Crippen molar-refractivity contribution in [1.29, 1.82) is 0 Å². The molecule has 0 bridgehead atoms. The predicted molar refractivity (Wildman–Crippen MR) is 112 cm³/mol. The van der Waals surface area contributed by atoms with Gasteiger partial charge in [0, 0.05) is 42.8 Å². The van der Waals surface area contributed by atoms with Gasteiger partial charge in [-0.15, -0.1) is 0 Å². The molecule has 144 valence electrons. The summed E-state index contributed by atoms with van der Waals surface area (Å²) < 4.78 is 0. The van der Waals surface area contributed by atoms with E-state index >= 15 is 0 Å². The van der Waals surface area contributed by atoms with Crippen molar-refractivity contribution in [1.82, 2.24) is 14.8 Å². The number of nitrogens with zero attached hydrogens (tertiary/aromatic N) is 2. The SMILES string of the molecule is CC(c1ccccc1Cl)N1CCN(C(=O)c2cc3ccccc3[nH]c2=O)CC1. The smallest absolute Gasteiger partial charge is 0.261 e. The van der Waals surface area contributed by atoms with Crippen LogP contribution in [0.1, 0.15) is 28.9 Å². The Morgan fingerprint density at radius 2 is 1.71 bits per heavy atom. The van der Waals surface area contributed by atoms with Gasteiger partial charge in [0.25, 0.3) is 11.5 Å². The Balaban J connectivity index is 1.48. The number of hydrogen-bond donors (Lipinski definition) is 1. The number of halogens is 1. The van der Waals surface area contributed by atoms with Crippen LogP contribution in [0.5, 0.6) is 0 Å². The fraction of sp³-hybridized carbons (Fsp3) is 0.273. The van der Waals surface area contributed by atoms with E-state index in [1.54, 1.807) is 11.0 Å². The number of rotatable bonds is 3. The highest BCUT2D eigenvalue weighted by Crippen LogP contribution is 2.28. The molecule has 1 aromatic heterocycles. The topological polar surface area (TPSA) is 56.4 Å². The van der Waals surface area contributed by atoms with Crippen molar-refractivity contribution >= 4 is 28.4 Å². The number of piperazine rings is 1. The molecule has 5 nitrogen and oxygen atoms in total. The number of fused-ring (bicyclic) bond motifs is 1. The van der Waals surface area contributed by atoms with Crippen molar-refractivity contribution in [2.24, 2.45) is 0 Å². The van der Waals surface area contributed by atoms with E-state index in [0.717, 1.165) is 34.6 Å². The average Bonchev–Trinajstić information content (AvgIpc) is 2.73. The third-order valence-electron chi connectivity index (χ3n) is 5.49. The van der Waals surface area contributed by atoms with E-state index in [1.165, 1.54) is 0 Å². The first-order chi connectivity index (χ1) is 13.5. The molecule has 3 aromatic rings. The van der Waals surface area contributed by atoms with Gasteiger partial charge in [0.15, 0.2) is 0 Å². The summed E-state index contributed by atoms with van der Waals surface area (Å²) >= 11 is 6.33. The van der Waals surface area contributed by atoms with Crippen LogP contribution in [0.4, 0.5) is 0 Å². The van der Waals surface area contributed by atoms with E-state index in [4.69, 9.17) is 11.6 Å². The van der Waals surface area contributed by atoms with Crippen LogP contribution in [-0.2, 0) is 0 Å². The van der Waals surface area contributed by atoms with Crippen LogP contribution in [0.3, 0.4) is 0 Å². The zero-order valence-electron chi connectivity index (χ0n) is 15.7. The average molecular weight is 396 g/mol. The lowest BCUT2D eigenvalue weighted by molar-refractivity contribution is 0.0580. The number of aromatic amines is 1. The lowest BCUT2D eigenvalue weighted by Gasteiger charge is -2.38. The maximum atomic E-state index is 12.9. The van der Waals surface area contributed by atoms with E-state index in [2.05, 4.69) is 16.8 Å². The maximum absolute atomic E-state index is 12.9. The highest BCUT2D eigenvalue weighted by molar-refractivity contribution is 6.31. The molecular formula is C22H22ClN3O2. The monoisotopic (exact) mass is 395 g/mol. The number of aromatic nitrogens is 1. The molecule has 0 saturated carbocycles. The maximum Gasteiger partial charge on any atom is 0.261 e. The van der Waals surface area contributed by atoms with Crippen molar-refractivity contribution in [3.8, 4) is 0 Å². The Morgan fingerprint density at radius 1 is 1.04 bits per heavy atom.